The van der Waals surface area contributed by atoms with E-state index >= 15 is 0 Å². The van der Waals surface area contributed by atoms with Gasteiger partial charge >= 0.3 is 0 Å². The van der Waals surface area contributed by atoms with E-state index in [9.17, 15) is 0 Å². The normalized spacial score (nSPS) is 15.8. The number of unbranched alkanes of at least 4 members (excludes halogenated alkanes) is 1. The molecule has 4 rings (SSSR count). The van der Waals surface area contributed by atoms with Crippen LogP contribution in [0.15, 0.2) is 36.5 Å². The summed E-state index contributed by atoms with van der Waals surface area (Å²) in [6.07, 6.45) is 6.79. The zero-order valence-electron chi connectivity index (χ0n) is 16.8. The van der Waals surface area contributed by atoms with E-state index in [2.05, 4.69) is 53.0 Å². The predicted molar refractivity (Wildman–Crippen MR) is 114 cm³/mol. The fraction of sp³-hybridized carbons (Fsp3) is 0.417. The second-order valence-electron chi connectivity index (χ2n) is 7.94. The van der Waals surface area contributed by atoms with Gasteiger partial charge in [0.1, 0.15) is 11.8 Å². The number of pyridine rings is 1. The second-order valence-corrected chi connectivity index (χ2v) is 7.94. The third-order valence-corrected chi connectivity index (χ3v) is 6.13. The van der Waals surface area contributed by atoms with Crippen LogP contribution in [0.4, 0.5) is 0 Å². The second kappa shape index (κ2) is 8.16. The largest absolute Gasteiger partial charge is 0.354 e. The van der Waals surface area contributed by atoms with Crippen LogP contribution in [0, 0.1) is 18.3 Å². The summed E-state index contributed by atoms with van der Waals surface area (Å²) in [4.78, 5) is 10.3. The molecular weight excluding hydrogens is 344 g/mol. The Hall–Kier alpha value is -2.64. The van der Waals surface area contributed by atoms with Gasteiger partial charge in [-0.15, -0.1) is 0 Å². The molecule has 0 aliphatic carbocycles. The van der Waals surface area contributed by atoms with Crippen LogP contribution in [0.3, 0.4) is 0 Å². The Morgan fingerprint density at radius 1 is 1.21 bits per heavy atom. The lowest BCUT2D eigenvalue weighted by molar-refractivity contribution is 0.210. The van der Waals surface area contributed by atoms with Gasteiger partial charge < -0.3 is 9.88 Å². The monoisotopic (exact) mass is 372 g/mol. The van der Waals surface area contributed by atoms with E-state index < -0.39 is 0 Å². The minimum absolute atomic E-state index is 0.450. The predicted octanol–water partition coefficient (Wildman–Crippen LogP) is 5.39. The number of H-pyrrole nitrogens is 1. The van der Waals surface area contributed by atoms with E-state index in [0.717, 1.165) is 16.8 Å². The number of rotatable bonds is 5. The fourth-order valence-electron chi connectivity index (χ4n) is 4.41. The SMILES string of the molecule is CCCCN1CCC(c2ccc3[nH]c(-c4ccnc(C#N)c4)c(C)c3c2)CC1. The van der Waals surface area contributed by atoms with E-state index in [4.69, 9.17) is 5.26 Å². The summed E-state index contributed by atoms with van der Waals surface area (Å²) >= 11 is 0. The Bertz CT molecular complexity index is 1000. The molecule has 1 aliphatic rings. The topological polar surface area (TPSA) is 55.7 Å². The van der Waals surface area contributed by atoms with Gasteiger partial charge in [0.25, 0.3) is 0 Å². The molecule has 1 aliphatic heterocycles. The lowest BCUT2D eigenvalue weighted by Gasteiger charge is -2.32. The van der Waals surface area contributed by atoms with E-state index in [-0.39, 0.29) is 0 Å². The summed E-state index contributed by atoms with van der Waals surface area (Å²) in [7, 11) is 0. The fourth-order valence-corrected chi connectivity index (χ4v) is 4.41. The van der Waals surface area contributed by atoms with Gasteiger partial charge in [-0.3, -0.25) is 0 Å². The summed E-state index contributed by atoms with van der Waals surface area (Å²) in [6.45, 7) is 8.11. The van der Waals surface area contributed by atoms with Gasteiger partial charge in [0, 0.05) is 28.4 Å². The van der Waals surface area contributed by atoms with Crippen molar-refractivity contribution in [1.82, 2.24) is 14.9 Å². The minimum atomic E-state index is 0.450. The van der Waals surface area contributed by atoms with Crippen LogP contribution in [-0.4, -0.2) is 34.5 Å². The molecule has 144 valence electrons. The van der Waals surface area contributed by atoms with Crippen LogP contribution in [0.25, 0.3) is 22.2 Å². The number of nitrogens with zero attached hydrogens (tertiary/aromatic N) is 3. The molecule has 0 unspecified atom stereocenters. The first-order valence-electron chi connectivity index (χ1n) is 10.4. The molecule has 0 saturated carbocycles. The van der Waals surface area contributed by atoms with E-state index in [0.29, 0.717) is 11.6 Å². The molecule has 4 heteroatoms. The highest BCUT2D eigenvalue weighted by Gasteiger charge is 2.21. The number of aryl methyl sites for hydroxylation is 1. The van der Waals surface area contributed by atoms with Gasteiger partial charge in [-0.2, -0.15) is 5.26 Å². The third kappa shape index (κ3) is 3.68. The molecule has 28 heavy (non-hydrogen) atoms. The molecule has 1 aromatic carbocycles. The van der Waals surface area contributed by atoms with Gasteiger partial charge in [0.05, 0.1) is 0 Å². The smallest absolute Gasteiger partial charge is 0.141 e. The molecule has 3 heterocycles. The zero-order valence-corrected chi connectivity index (χ0v) is 16.8. The number of nitrogens with one attached hydrogen (secondary N) is 1. The molecular formula is C24H28N4. The van der Waals surface area contributed by atoms with Crippen LogP contribution >= 0.6 is 0 Å². The lowest BCUT2D eigenvalue weighted by atomic mass is 9.88. The maximum Gasteiger partial charge on any atom is 0.141 e. The maximum absolute atomic E-state index is 9.14. The summed E-state index contributed by atoms with van der Waals surface area (Å²) in [5.41, 5.74) is 6.42. The number of nitriles is 1. The number of piperidine rings is 1. The minimum Gasteiger partial charge on any atom is -0.354 e. The van der Waals surface area contributed by atoms with Crippen molar-refractivity contribution in [3.63, 3.8) is 0 Å². The Balaban J connectivity index is 1.58. The number of likely N-dealkylation sites (tertiary alicyclic amines) is 1. The summed E-state index contributed by atoms with van der Waals surface area (Å²) in [6, 6.07) is 12.8. The van der Waals surface area contributed by atoms with Gasteiger partial charge in [-0.05, 0) is 87.1 Å². The molecule has 3 aromatic rings. The average molecular weight is 373 g/mol. The van der Waals surface area contributed by atoms with E-state index in [1.165, 1.54) is 61.8 Å². The van der Waals surface area contributed by atoms with Crippen molar-refractivity contribution < 1.29 is 0 Å². The number of hydrogen-bond acceptors (Lipinski definition) is 3. The van der Waals surface area contributed by atoms with Crippen molar-refractivity contribution in [2.45, 2.75) is 45.4 Å². The summed E-state index contributed by atoms with van der Waals surface area (Å²) in [5.74, 6) is 0.658. The van der Waals surface area contributed by atoms with Crippen molar-refractivity contribution in [2.75, 3.05) is 19.6 Å². The number of benzene rings is 1. The first kappa shape index (κ1) is 18.7. The summed E-state index contributed by atoms with van der Waals surface area (Å²) in [5, 5.41) is 10.4. The van der Waals surface area contributed by atoms with Crippen molar-refractivity contribution in [1.29, 1.82) is 5.26 Å². The van der Waals surface area contributed by atoms with Crippen molar-refractivity contribution >= 4 is 10.9 Å². The molecule has 0 radical (unpaired) electrons. The number of fused-ring (bicyclic) bond motifs is 1. The maximum atomic E-state index is 9.14. The van der Waals surface area contributed by atoms with Crippen LogP contribution < -0.4 is 0 Å². The Morgan fingerprint density at radius 3 is 2.79 bits per heavy atom. The Morgan fingerprint density at radius 2 is 2.04 bits per heavy atom. The molecule has 0 amide bonds. The first-order valence-corrected chi connectivity index (χ1v) is 10.4. The first-order chi connectivity index (χ1) is 13.7. The number of aromatic nitrogens is 2. The molecule has 0 atom stereocenters. The lowest BCUT2D eigenvalue weighted by Crippen LogP contribution is -2.33. The van der Waals surface area contributed by atoms with Crippen molar-refractivity contribution in [2.24, 2.45) is 0 Å². The highest BCUT2D eigenvalue weighted by Crippen LogP contribution is 2.34. The molecule has 1 fully saturated rings. The molecule has 2 aromatic heterocycles. The summed E-state index contributed by atoms with van der Waals surface area (Å²) < 4.78 is 0. The van der Waals surface area contributed by atoms with Crippen molar-refractivity contribution in [3.8, 4) is 17.3 Å². The average Bonchev–Trinajstić information content (AvgIpc) is 3.08. The van der Waals surface area contributed by atoms with Gasteiger partial charge in [-0.25, -0.2) is 4.98 Å². The molecule has 1 saturated heterocycles. The quantitative estimate of drug-likeness (QED) is 0.653. The van der Waals surface area contributed by atoms with Crippen LogP contribution in [-0.2, 0) is 0 Å². The standard InChI is InChI=1S/C24H28N4/c1-3-4-11-28-12-8-18(9-13-28)19-5-6-23-22(15-19)17(2)24(27-23)20-7-10-26-21(14-20)16-25/h5-7,10,14-15,18,27H,3-4,8-9,11-13H2,1-2H3. The Labute approximate surface area is 167 Å². The van der Waals surface area contributed by atoms with Gasteiger partial charge in [0.2, 0.25) is 0 Å². The number of hydrogen-bond donors (Lipinski definition) is 1. The molecule has 0 bridgehead atoms. The van der Waals surface area contributed by atoms with Crippen LogP contribution in [0.5, 0.6) is 0 Å². The third-order valence-electron chi connectivity index (χ3n) is 6.13. The van der Waals surface area contributed by atoms with Gasteiger partial charge in [0.15, 0.2) is 0 Å². The van der Waals surface area contributed by atoms with Crippen LogP contribution in [0.1, 0.15) is 55.3 Å². The Kier molecular flexibility index (Phi) is 5.45. The highest BCUT2D eigenvalue weighted by atomic mass is 15.1. The zero-order chi connectivity index (χ0) is 19.5. The highest BCUT2D eigenvalue weighted by molar-refractivity contribution is 5.91. The number of aromatic amines is 1. The van der Waals surface area contributed by atoms with E-state index in [1.54, 1.807) is 6.20 Å². The van der Waals surface area contributed by atoms with E-state index in [1.807, 2.05) is 12.1 Å². The molecule has 0 spiro atoms. The van der Waals surface area contributed by atoms with Crippen LogP contribution in [0.2, 0.25) is 0 Å². The molecule has 4 nitrogen and oxygen atoms in total. The van der Waals surface area contributed by atoms with Crippen molar-refractivity contribution in [3.05, 3.63) is 53.3 Å². The molecule has 1 N–H and O–H groups in total. The van der Waals surface area contributed by atoms with Gasteiger partial charge in [-0.1, -0.05) is 19.4 Å².